The van der Waals surface area contributed by atoms with Gasteiger partial charge in [0.2, 0.25) is 5.91 Å². The van der Waals surface area contributed by atoms with Crippen molar-refractivity contribution in [1.29, 1.82) is 0 Å². The minimum Gasteiger partial charge on any atom is -0.393 e. The van der Waals surface area contributed by atoms with E-state index in [0.717, 1.165) is 37.6 Å². The number of fused-ring (bicyclic) bond motifs is 5. The van der Waals surface area contributed by atoms with Gasteiger partial charge in [0.15, 0.2) is 0 Å². The number of carbonyl (C=O) groups excluding carboxylic acids is 1. The zero-order chi connectivity index (χ0) is 18.4. The monoisotopic (exact) mass is 349 g/mol. The molecule has 3 aliphatic carbocycles. The Morgan fingerprint density at radius 1 is 1.00 bits per heavy atom. The Morgan fingerprint density at radius 3 is 2.36 bits per heavy atom. The summed E-state index contributed by atoms with van der Waals surface area (Å²) < 4.78 is 0. The summed E-state index contributed by atoms with van der Waals surface area (Å²) in [5, 5.41) is 10.5. The van der Waals surface area contributed by atoms with Crippen molar-refractivity contribution >= 4 is 5.91 Å². The van der Waals surface area contributed by atoms with E-state index in [1.165, 1.54) is 32.1 Å². The topological polar surface area (TPSA) is 40.5 Å². The first-order chi connectivity index (χ1) is 11.9. The number of aliphatic hydroxyl groups excluding tert-OH is 1. The summed E-state index contributed by atoms with van der Waals surface area (Å²) in [6.07, 6.45) is 8.85. The number of likely N-dealkylation sites (tertiary alicyclic amines) is 1. The van der Waals surface area contributed by atoms with Crippen molar-refractivity contribution < 1.29 is 9.90 Å². The van der Waals surface area contributed by atoms with E-state index in [1.54, 1.807) is 0 Å². The van der Waals surface area contributed by atoms with Gasteiger partial charge in [-0.3, -0.25) is 4.79 Å². The van der Waals surface area contributed by atoms with Crippen molar-refractivity contribution in [3.63, 3.8) is 0 Å². The van der Waals surface area contributed by atoms with Crippen molar-refractivity contribution in [3.8, 4) is 0 Å². The minimum atomic E-state index is -0.0842. The standard InChI is InChI=1S/C20H33NO2.C2H6/c1-4-21-16-7-5-13-14-6-8-17(22)20(14,3)11-9-15(13)19(16,2)12-10-18(21)23;1-2/h13-17,22H,4-12H2,1-3H3;1-2H3. The van der Waals surface area contributed by atoms with Crippen LogP contribution in [-0.4, -0.2) is 34.6 Å². The first-order valence-corrected chi connectivity index (χ1v) is 10.9. The van der Waals surface area contributed by atoms with Gasteiger partial charge in [0, 0.05) is 19.0 Å². The molecule has 1 N–H and O–H groups in total. The number of aliphatic hydroxyl groups is 1. The fourth-order valence-corrected chi connectivity index (χ4v) is 7.36. The van der Waals surface area contributed by atoms with Gasteiger partial charge < -0.3 is 10.0 Å². The van der Waals surface area contributed by atoms with Crippen LogP contribution in [0.4, 0.5) is 0 Å². The fraction of sp³-hybridized carbons (Fsp3) is 0.955. The number of nitrogens with zero attached hydrogens (tertiary/aromatic N) is 1. The van der Waals surface area contributed by atoms with E-state index in [0.29, 0.717) is 23.3 Å². The lowest BCUT2D eigenvalue weighted by atomic mass is 9.47. The van der Waals surface area contributed by atoms with Crippen LogP contribution in [0, 0.1) is 28.6 Å². The average molecular weight is 350 g/mol. The van der Waals surface area contributed by atoms with Crippen LogP contribution >= 0.6 is 0 Å². The first kappa shape index (κ1) is 19.2. The van der Waals surface area contributed by atoms with E-state index in [1.807, 2.05) is 13.8 Å². The average Bonchev–Trinajstić information content (AvgIpc) is 2.92. The molecule has 1 amide bonds. The molecule has 3 heteroatoms. The normalized spacial score (nSPS) is 48.8. The molecule has 144 valence electrons. The van der Waals surface area contributed by atoms with Crippen LogP contribution < -0.4 is 0 Å². The highest BCUT2D eigenvalue weighted by Gasteiger charge is 2.61. The van der Waals surface area contributed by atoms with Gasteiger partial charge in [0.05, 0.1) is 6.10 Å². The van der Waals surface area contributed by atoms with Crippen LogP contribution in [0.2, 0.25) is 0 Å². The summed E-state index contributed by atoms with van der Waals surface area (Å²) in [5.74, 6) is 2.62. The molecule has 0 aromatic rings. The first-order valence-electron chi connectivity index (χ1n) is 10.9. The molecule has 1 saturated heterocycles. The van der Waals surface area contributed by atoms with Crippen LogP contribution in [0.25, 0.3) is 0 Å². The van der Waals surface area contributed by atoms with Crippen LogP contribution in [0.15, 0.2) is 0 Å². The molecule has 0 radical (unpaired) electrons. The van der Waals surface area contributed by atoms with Crippen molar-refractivity contribution in [2.45, 2.75) is 98.1 Å². The number of carbonyl (C=O) groups is 1. The van der Waals surface area contributed by atoms with E-state index in [4.69, 9.17) is 0 Å². The van der Waals surface area contributed by atoms with Crippen molar-refractivity contribution in [3.05, 3.63) is 0 Å². The van der Waals surface area contributed by atoms with Gasteiger partial charge in [-0.05, 0) is 80.5 Å². The van der Waals surface area contributed by atoms with Crippen LogP contribution in [-0.2, 0) is 4.79 Å². The zero-order valence-electron chi connectivity index (χ0n) is 17.1. The molecule has 25 heavy (non-hydrogen) atoms. The molecular weight excluding hydrogens is 310 g/mol. The van der Waals surface area contributed by atoms with Crippen molar-refractivity contribution in [2.24, 2.45) is 28.6 Å². The van der Waals surface area contributed by atoms with Gasteiger partial charge in [-0.15, -0.1) is 0 Å². The Labute approximate surface area is 154 Å². The van der Waals surface area contributed by atoms with Crippen LogP contribution in [0.3, 0.4) is 0 Å². The lowest BCUT2D eigenvalue weighted by molar-refractivity contribution is -0.162. The summed E-state index contributed by atoms with van der Waals surface area (Å²) in [4.78, 5) is 14.5. The number of piperidine rings is 1. The van der Waals surface area contributed by atoms with E-state index in [-0.39, 0.29) is 11.5 Å². The number of hydrogen-bond donors (Lipinski definition) is 1. The number of amides is 1. The largest absolute Gasteiger partial charge is 0.393 e. The third kappa shape index (κ3) is 2.67. The molecule has 0 spiro atoms. The summed E-state index contributed by atoms with van der Waals surface area (Å²) in [5.41, 5.74) is 0.473. The van der Waals surface area contributed by atoms with Gasteiger partial charge in [0.25, 0.3) is 0 Å². The predicted octanol–water partition coefficient (Wildman–Crippen LogP) is 4.63. The molecule has 7 atom stereocenters. The summed E-state index contributed by atoms with van der Waals surface area (Å²) >= 11 is 0. The van der Waals surface area contributed by atoms with Gasteiger partial charge in [-0.1, -0.05) is 27.7 Å². The minimum absolute atomic E-state index is 0.0842. The van der Waals surface area contributed by atoms with Crippen molar-refractivity contribution in [1.82, 2.24) is 4.90 Å². The maximum absolute atomic E-state index is 12.4. The molecule has 3 saturated carbocycles. The maximum atomic E-state index is 12.4. The highest BCUT2D eigenvalue weighted by molar-refractivity contribution is 5.77. The van der Waals surface area contributed by atoms with Crippen LogP contribution in [0.5, 0.6) is 0 Å². The van der Waals surface area contributed by atoms with Gasteiger partial charge in [-0.2, -0.15) is 0 Å². The van der Waals surface area contributed by atoms with Crippen molar-refractivity contribution in [2.75, 3.05) is 6.54 Å². The highest BCUT2D eigenvalue weighted by Crippen LogP contribution is 2.64. The molecule has 3 nitrogen and oxygen atoms in total. The van der Waals surface area contributed by atoms with E-state index in [9.17, 15) is 9.90 Å². The molecule has 0 aromatic carbocycles. The number of hydrogen-bond acceptors (Lipinski definition) is 2. The Bertz CT molecular complexity index is 506. The summed E-state index contributed by atoms with van der Waals surface area (Å²) in [6.45, 7) is 11.8. The smallest absolute Gasteiger partial charge is 0.222 e. The molecule has 4 rings (SSSR count). The lowest BCUT2D eigenvalue weighted by Gasteiger charge is -2.62. The lowest BCUT2D eigenvalue weighted by Crippen LogP contribution is -2.62. The molecule has 0 bridgehead atoms. The van der Waals surface area contributed by atoms with Gasteiger partial charge in [0.1, 0.15) is 0 Å². The molecule has 7 unspecified atom stereocenters. The third-order valence-electron chi connectivity index (χ3n) is 8.68. The quantitative estimate of drug-likeness (QED) is 0.750. The second kappa shape index (κ2) is 6.87. The summed E-state index contributed by atoms with van der Waals surface area (Å²) in [7, 11) is 0. The second-order valence-corrected chi connectivity index (χ2v) is 9.29. The molecule has 0 aromatic heterocycles. The Hall–Kier alpha value is -0.570. The Morgan fingerprint density at radius 2 is 1.68 bits per heavy atom. The highest BCUT2D eigenvalue weighted by atomic mass is 16.3. The molecule has 1 heterocycles. The van der Waals surface area contributed by atoms with Gasteiger partial charge in [-0.25, -0.2) is 0 Å². The van der Waals surface area contributed by atoms with Crippen LogP contribution in [0.1, 0.15) is 86.0 Å². The third-order valence-corrected chi connectivity index (χ3v) is 8.68. The second-order valence-electron chi connectivity index (χ2n) is 9.29. The van der Waals surface area contributed by atoms with E-state index < -0.39 is 0 Å². The predicted molar refractivity (Wildman–Crippen MR) is 102 cm³/mol. The molecular formula is C22H39NO2. The molecule has 1 aliphatic heterocycles. The fourth-order valence-electron chi connectivity index (χ4n) is 7.36. The zero-order valence-corrected chi connectivity index (χ0v) is 17.1. The van der Waals surface area contributed by atoms with E-state index in [2.05, 4.69) is 25.7 Å². The molecule has 4 aliphatic rings. The summed E-state index contributed by atoms with van der Waals surface area (Å²) in [6, 6.07) is 0.464. The van der Waals surface area contributed by atoms with Gasteiger partial charge >= 0.3 is 0 Å². The Kier molecular flexibility index (Phi) is 5.27. The maximum Gasteiger partial charge on any atom is 0.222 e. The SMILES string of the molecule is CC.CCN1C(=O)CCC2(C)C3CCC4(C)C(O)CCC4C3CCC12. The molecule has 4 fully saturated rings. The Balaban J connectivity index is 0.000000880. The van der Waals surface area contributed by atoms with E-state index >= 15 is 0 Å². The number of rotatable bonds is 1.